The number of rotatable bonds is 2. The zero-order valence-corrected chi connectivity index (χ0v) is 14.8. The fourth-order valence-corrected chi connectivity index (χ4v) is 3.42. The lowest BCUT2D eigenvalue weighted by molar-refractivity contribution is 1.12. The number of benzene rings is 2. The van der Waals surface area contributed by atoms with Gasteiger partial charge in [-0.05, 0) is 31.2 Å². The number of aryl methyl sites for hydroxylation is 1. The number of nitrogens with zero attached hydrogens (tertiary/aromatic N) is 4. The summed E-state index contributed by atoms with van der Waals surface area (Å²) in [7, 11) is 0. The second kappa shape index (κ2) is 6.25. The average Bonchev–Trinajstić information content (AvgIpc) is 2.72. The third kappa shape index (κ3) is 2.72. The van der Waals surface area contributed by atoms with Crippen LogP contribution in [-0.2, 0) is 0 Å². The van der Waals surface area contributed by atoms with Gasteiger partial charge in [0.2, 0.25) is 0 Å². The summed E-state index contributed by atoms with van der Waals surface area (Å²) in [5, 5.41) is 2.17. The minimum absolute atomic E-state index is 0.683. The summed E-state index contributed by atoms with van der Waals surface area (Å²) in [5.74, 6) is 0.683. The van der Waals surface area contributed by atoms with Crippen LogP contribution in [-0.4, -0.2) is 19.9 Å². The molecule has 5 aromatic rings. The molecule has 4 heteroatoms. The molecule has 0 bridgehead atoms. The SMILES string of the molecule is Cc1cc(-c2cccc3cccnc23)nc(-c2cccc3cccnc23)n1. The molecule has 0 aliphatic carbocycles. The van der Waals surface area contributed by atoms with Crippen LogP contribution in [0.3, 0.4) is 0 Å². The van der Waals surface area contributed by atoms with Crippen molar-refractivity contribution in [3.05, 3.63) is 84.8 Å². The molecule has 3 heterocycles. The first-order chi connectivity index (χ1) is 13.3. The van der Waals surface area contributed by atoms with Crippen LogP contribution in [0.1, 0.15) is 5.69 Å². The third-order valence-electron chi connectivity index (χ3n) is 4.64. The van der Waals surface area contributed by atoms with E-state index in [1.165, 1.54) is 0 Å². The van der Waals surface area contributed by atoms with E-state index in [1.54, 1.807) is 6.20 Å². The second-order valence-corrected chi connectivity index (χ2v) is 6.48. The van der Waals surface area contributed by atoms with E-state index in [9.17, 15) is 0 Å². The van der Waals surface area contributed by atoms with Crippen molar-refractivity contribution >= 4 is 21.8 Å². The molecule has 27 heavy (non-hydrogen) atoms. The number of hydrogen-bond donors (Lipinski definition) is 0. The van der Waals surface area contributed by atoms with E-state index in [2.05, 4.69) is 45.3 Å². The lowest BCUT2D eigenvalue weighted by Gasteiger charge is -2.10. The van der Waals surface area contributed by atoms with Gasteiger partial charge in [0.05, 0.1) is 16.7 Å². The quantitative estimate of drug-likeness (QED) is 0.439. The highest BCUT2D eigenvalue weighted by atomic mass is 14.9. The van der Waals surface area contributed by atoms with Gasteiger partial charge in [-0.3, -0.25) is 9.97 Å². The maximum atomic E-state index is 4.88. The molecule has 5 rings (SSSR count). The van der Waals surface area contributed by atoms with Gasteiger partial charge in [-0.15, -0.1) is 0 Å². The molecule has 0 saturated heterocycles. The normalized spacial score (nSPS) is 11.1. The van der Waals surface area contributed by atoms with Gasteiger partial charge in [0.25, 0.3) is 0 Å². The lowest BCUT2D eigenvalue weighted by atomic mass is 10.1. The van der Waals surface area contributed by atoms with Gasteiger partial charge in [0.15, 0.2) is 5.82 Å². The van der Waals surface area contributed by atoms with E-state index < -0.39 is 0 Å². The molecule has 4 nitrogen and oxygen atoms in total. The zero-order chi connectivity index (χ0) is 18.2. The van der Waals surface area contributed by atoms with Gasteiger partial charge in [-0.1, -0.05) is 42.5 Å². The summed E-state index contributed by atoms with van der Waals surface area (Å²) in [6.07, 6.45) is 3.62. The van der Waals surface area contributed by atoms with Crippen LogP contribution in [0, 0.1) is 6.92 Å². The van der Waals surface area contributed by atoms with Gasteiger partial charge in [0, 0.05) is 40.0 Å². The van der Waals surface area contributed by atoms with Crippen molar-refractivity contribution < 1.29 is 0 Å². The number of pyridine rings is 2. The van der Waals surface area contributed by atoms with E-state index in [4.69, 9.17) is 4.98 Å². The Morgan fingerprint density at radius 3 is 1.93 bits per heavy atom. The monoisotopic (exact) mass is 348 g/mol. The molecule has 0 N–H and O–H groups in total. The molecule has 0 aliphatic heterocycles. The maximum Gasteiger partial charge on any atom is 0.162 e. The molecule has 0 radical (unpaired) electrons. The van der Waals surface area contributed by atoms with Crippen LogP contribution < -0.4 is 0 Å². The molecule has 2 aromatic carbocycles. The average molecular weight is 348 g/mol. The summed E-state index contributed by atoms with van der Waals surface area (Å²) in [4.78, 5) is 18.7. The Labute approximate surface area is 156 Å². The Balaban J connectivity index is 1.76. The van der Waals surface area contributed by atoms with Crippen LogP contribution in [0.25, 0.3) is 44.5 Å². The maximum absolute atomic E-state index is 4.88. The zero-order valence-electron chi connectivity index (χ0n) is 14.8. The molecule has 0 spiro atoms. The number of aromatic nitrogens is 4. The summed E-state index contributed by atoms with van der Waals surface area (Å²) >= 11 is 0. The second-order valence-electron chi connectivity index (χ2n) is 6.48. The molecule has 0 amide bonds. The topological polar surface area (TPSA) is 51.6 Å². The summed E-state index contributed by atoms with van der Waals surface area (Å²) in [5.41, 5.74) is 5.58. The summed E-state index contributed by atoms with van der Waals surface area (Å²) in [6, 6.07) is 22.3. The van der Waals surface area contributed by atoms with E-state index in [0.717, 1.165) is 44.3 Å². The predicted molar refractivity (Wildman–Crippen MR) is 108 cm³/mol. The van der Waals surface area contributed by atoms with Crippen LogP contribution in [0.2, 0.25) is 0 Å². The van der Waals surface area contributed by atoms with Crippen molar-refractivity contribution in [2.24, 2.45) is 0 Å². The molecular formula is C23H16N4. The largest absolute Gasteiger partial charge is 0.256 e. The van der Waals surface area contributed by atoms with Gasteiger partial charge >= 0.3 is 0 Å². The van der Waals surface area contributed by atoms with Crippen LogP contribution >= 0.6 is 0 Å². The van der Waals surface area contributed by atoms with Gasteiger partial charge in [0.1, 0.15) is 0 Å². The van der Waals surface area contributed by atoms with E-state index in [-0.39, 0.29) is 0 Å². The predicted octanol–water partition coefficient (Wildman–Crippen LogP) is 5.22. The van der Waals surface area contributed by atoms with Crippen LogP contribution in [0.15, 0.2) is 79.1 Å². The van der Waals surface area contributed by atoms with Crippen molar-refractivity contribution in [3.63, 3.8) is 0 Å². The highest BCUT2D eigenvalue weighted by Crippen LogP contribution is 2.29. The standard InChI is InChI=1S/C23H16N4/c1-15-14-20(18-10-2-6-16-8-4-12-24-21(16)18)27-23(26-15)19-11-3-7-17-9-5-13-25-22(17)19/h2-14H,1H3. The lowest BCUT2D eigenvalue weighted by Crippen LogP contribution is -1.97. The molecule has 0 fully saturated rings. The van der Waals surface area contributed by atoms with Crippen molar-refractivity contribution in [1.29, 1.82) is 0 Å². The Hall–Kier alpha value is -3.66. The van der Waals surface area contributed by atoms with Crippen LogP contribution in [0.4, 0.5) is 0 Å². The minimum Gasteiger partial charge on any atom is -0.256 e. The van der Waals surface area contributed by atoms with Crippen molar-refractivity contribution in [2.75, 3.05) is 0 Å². The summed E-state index contributed by atoms with van der Waals surface area (Å²) < 4.78 is 0. The first-order valence-electron chi connectivity index (χ1n) is 8.83. The number of hydrogen-bond acceptors (Lipinski definition) is 4. The Morgan fingerprint density at radius 2 is 1.22 bits per heavy atom. The third-order valence-corrected chi connectivity index (χ3v) is 4.64. The number of para-hydroxylation sites is 2. The first kappa shape index (κ1) is 15.6. The molecule has 128 valence electrons. The molecule has 0 atom stereocenters. The van der Waals surface area contributed by atoms with E-state index in [1.807, 2.05) is 49.5 Å². The van der Waals surface area contributed by atoms with Gasteiger partial charge in [-0.25, -0.2) is 9.97 Å². The van der Waals surface area contributed by atoms with Crippen molar-refractivity contribution in [2.45, 2.75) is 6.92 Å². The number of fused-ring (bicyclic) bond motifs is 2. The Kier molecular flexibility index (Phi) is 3.61. The molecule has 3 aromatic heterocycles. The smallest absolute Gasteiger partial charge is 0.162 e. The van der Waals surface area contributed by atoms with Crippen molar-refractivity contribution in [3.8, 4) is 22.6 Å². The van der Waals surface area contributed by atoms with Gasteiger partial charge in [-0.2, -0.15) is 0 Å². The Bertz CT molecular complexity index is 1190. The molecule has 0 aliphatic rings. The minimum atomic E-state index is 0.683. The fourth-order valence-electron chi connectivity index (χ4n) is 3.42. The van der Waals surface area contributed by atoms with Crippen molar-refractivity contribution in [1.82, 2.24) is 19.9 Å². The van der Waals surface area contributed by atoms with E-state index in [0.29, 0.717) is 5.82 Å². The Morgan fingerprint density at radius 1 is 0.630 bits per heavy atom. The van der Waals surface area contributed by atoms with Crippen LogP contribution in [0.5, 0.6) is 0 Å². The van der Waals surface area contributed by atoms with Gasteiger partial charge < -0.3 is 0 Å². The summed E-state index contributed by atoms with van der Waals surface area (Å²) in [6.45, 7) is 1.99. The first-order valence-corrected chi connectivity index (χ1v) is 8.83. The van der Waals surface area contributed by atoms with E-state index >= 15 is 0 Å². The highest BCUT2D eigenvalue weighted by molar-refractivity contribution is 5.94. The molecular weight excluding hydrogens is 332 g/mol. The molecule has 0 unspecified atom stereocenters. The fraction of sp³-hybridized carbons (Fsp3) is 0.0435. The highest BCUT2D eigenvalue weighted by Gasteiger charge is 2.12. The molecule has 0 saturated carbocycles.